The van der Waals surface area contributed by atoms with Crippen LogP contribution in [0.2, 0.25) is 0 Å². The molecule has 1 aliphatic heterocycles. The van der Waals surface area contributed by atoms with Crippen LogP contribution in [0.25, 0.3) is 0 Å². The summed E-state index contributed by atoms with van der Waals surface area (Å²) in [5.41, 5.74) is 0.983. The van der Waals surface area contributed by atoms with Crippen LogP contribution < -0.4 is 5.32 Å². The summed E-state index contributed by atoms with van der Waals surface area (Å²) in [6, 6.07) is 6.90. The third-order valence-corrected chi connectivity index (χ3v) is 2.96. The molecule has 2 rings (SSSR count). The summed E-state index contributed by atoms with van der Waals surface area (Å²) in [6.07, 6.45) is 1.89. The van der Waals surface area contributed by atoms with Crippen LogP contribution in [0.3, 0.4) is 0 Å². The fourth-order valence-corrected chi connectivity index (χ4v) is 2.15. The Bertz CT molecular complexity index is 364. The molecule has 0 bridgehead atoms. The summed E-state index contributed by atoms with van der Waals surface area (Å²) >= 11 is 0. The Balaban J connectivity index is 0.00000144. The molecule has 0 aliphatic carbocycles. The average molecular weight is 257 g/mol. The van der Waals surface area contributed by atoms with Gasteiger partial charge in [-0.2, -0.15) is 0 Å². The molecule has 1 N–H and O–H groups in total. The van der Waals surface area contributed by atoms with Crippen molar-refractivity contribution in [1.29, 1.82) is 0 Å². The maximum absolute atomic E-state index is 13.2. The molecule has 2 nitrogen and oxygen atoms in total. The van der Waals surface area contributed by atoms with Gasteiger partial charge < -0.3 is 5.32 Å². The summed E-state index contributed by atoms with van der Waals surface area (Å²) in [4.78, 5) is 2.32. The van der Waals surface area contributed by atoms with Crippen molar-refractivity contribution in [2.75, 3.05) is 26.2 Å². The van der Waals surface area contributed by atoms with E-state index in [-0.39, 0.29) is 24.3 Å². The molecule has 1 fully saturated rings. The Kier molecular flexibility index (Phi) is 5.62. The van der Waals surface area contributed by atoms with Crippen LogP contribution in [0.15, 0.2) is 36.9 Å². The molecule has 1 aliphatic rings. The minimum Gasteiger partial charge on any atom is -0.314 e. The second-order valence-corrected chi connectivity index (χ2v) is 4.02. The molecule has 0 spiro atoms. The van der Waals surface area contributed by atoms with Crippen LogP contribution in [0, 0.1) is 5.82 Å². The molecule has 1 heterocycles. The van der Waals surface area contributed by atoms with E-state index in [0.29, 0.717) is 0 Å². The first kappa shape index (κ1) is 14.2. The van der Waals surface area contributed by atoms with Crippen LogP contribution in [-0.2, 0) is 0 Å². The van der Waals surface area contributed by atoms with Gasteiger partial charge in [0.25, 0.3) is 0 Å². The smallest absolute Gasteiger partial charge is 0.123 e. The molecule has 1 aromatic rings. The van der Waals surface area contributed by atoms with E-state index in [1.165, 1.54) is 6.07 Å². The molecule has 94 valence electrons. The SMILES string of the molecule is C=C[C@@H](c1cccc(F)c1)N1CCNCC1.Cl. The van der Waals surface area contributed by atoms with E-state index in [1.54, 1.807) is 12.1 Å². The molecule has 0 radical (unpaired) electrons. The first-order chi connectivity index (χ1) is 7.81. The molecule has 1 saturated heterocycles. The van der Waals surface area contributed by atoms with Crippen molar-refractivity contribution in [3.05, 3.63) is 48.3 Å². The van der Waals surface area contributed by atoms with Crippen LogP contribution in [0.1, 0.15) is 11.6 Å². The minimum atomic E-state index is -0.181. The Labute approximate surface area is 108 Å². The summed E-state index contributed by atoms with van der Waals surface area (Å²) in [7, 11) is 0. The van der Waals surface area contributed by atoms with Gasteiger partial charge in [0.1, 0.15) is 5.82 Å². The minimum absolute atomic E-state index is 0. The van der Waals surface area contributed by atoms with Crippen molar-refractivity contribution in [1.82, 2.24) is 10.2 Å². The lowest BCUT2D eigenvalue weighted by atomic mass is 10.0. The van der Waals surface area contributed by atoms with Crippen molar-refractivity contribution < 1.29 is 4.39 Å². The van der Waals surface area contributed by atoms with Gasteiger partial charge in [-0.1, -0.05) is 18.2 Å². The number of benzene rings is 1. The maximum Gasteiger partial charge on any atom is 0.123 e. The molecular weight excluding hydrogens is 239 g/mol. The van der Waals surface area contributed by atoms with Crippen LogP contribution in [0.5, 0.6) is 0 Å². The summed E-state index contributed by atoms with van der Waals surface area (Å²) in [6.45, 7) is 7.79. The fraction of sp³-hybridized carbons (Fsp3) is 0.385. The monoisotopic (exact) mass is 256 g/mol. The largest absolute Gasteiger partial charge is 0.314 e. The normalized spacial score (nSPS) is 18.2. The Morgan fingerprint density at radius 1 is 1.35 bits per heavy atom. The number of rotatable bonds is 3. The standard InChI is InChI=1S/C13H17FN2.ClH/c1-2-13(16-8-6-15-7-9-16)11-4-3-5-12(14)10-11;/h2-5,10,13,15H,1,6-9H2;1H/t13-;/m0./s1. The van der Waals surface area contributed by atoms with E-state index in [9.17, 15) is 4.39 Å². The molecule has 0 aromatic heterocycles. The van der Waals surface area contributed by atoms with Gasteiger partial charge in [-0.05, 0) is 17.7 Å². The number of piperazine rings is 1. The van der Waals surface area contributed by atoms with Crippen molar-refractivity contribution in [2.45, 2.75) is 6.04 Å². The van der Waals surface area contributed by atoms with Crippen molar-refractivity contribution in [3.8, 4) is 0 Å². The van der Waals surface area contributed by atoms with Gasteiger partial charge in [0.05, 0.1) is 6.04 Å². The van der Waals surface area contributed by atoms with E-state index in [1.807, 2.05) is 12.1 Å². The van der Waals surface area contributed by atoms with Gasteiger partial charge in [-0.25, -0.2) is 4.39 Å². The summed E-state index contributed by atoms with van der Waals surface area (Å²) in [5.74, 6) is -0.181. The van der Waals surface area contributed by atoms with E-state index in [2.05, 4.69) is 16.8 Å². The van der Waals surface area contributed by atoms with E-state index in [4.69, 9.17) is 0 Å². The van der Waals surface area contributed by atoms with E-state index in [0.717, 1.165) is 31.7 Å². The zero-order valence-corrected chi connectivity index (χ0v) is 10.5. The van der Waals surface area contributed by atoms with Gasteiger partial charge >= 0.3 is 0 Å². The highest BCUT2D eigenvalue weighted by atomic mass is 35.5. The lowest BCUT2D eigenvalue weighted by molar-refractivity contribution is 0.203. The number of nitrogens with one attached hydrogen (secondary N) is 1. The molecule has 0 amide bonds. The summed E-state index contributed by atoms with van der Waals surface area (Å²) in [5, 5.41) is 3.31. The quantitative estimate of drug-likeness (QED) is 0.836. The van der Waals surface area contributed by atoms with Crippen molar-refractivity contribution in [3.63, 3.8) is 0 Å². The third-order valence-electron chi connectivity index (χ3n) is 2.96. The zero-order valence-electron chi connectivity index (χ0n) is 9.73. The van der Waals surface area contributed by atoms with Gasteiger partial charge in [0.2, 0.25) is 0 Å². The van der Waals surface area contributed by atoms with E-state index >= 15 is 0 Å². The molecule has 0 unspecified atom stereocenters. The maximum atomic E-state index is 13.2. The van der Waals surface area contributed by atoms with Gasteiger partial charge in [0, 0.05) is 26.2 Å². The Morgan fingerprint density at radius 3 is 2.65 bits per heavy atom. The van der Waals surface area contributed by atoms with Gasteiger partial charge in [-0.15, -0.1) is 19.0 Å². The molecular formula is C13H18ClFN2. The second kappa shape index (κ2) is 6.74. The number of hydrogen-bond donors (Lipinski definition) is 1. The van der Waals surface area contributed by atoms with Crippen LogP contribution in [-0.4, -0.2) is 31.1 Å². The molecule has 0 saturated carbocycles. The van der Waals surface area contributed by atoms with Gasteiger partial charge in [-0.3, -0.25) is 4.90 Å². The zero-order chi connectivity index (χ0) is 11.4. The highest BCUT2D eigenvalue weighted by Gasteiger charge is 2.19. The Hall–Kier alpha value is -0.900. The van der Waals surface area contributed by atoms with Gasteiger partial charge in [0.15, 0.2) is 0 Å². The lowest BCUT2D eigenvalue weighted by Gasteiger charge is -2.33. The topological polar surface area (TPSA) is 15.3 Å². The molecule has 1 aromatic carbocycles. The Morgan fingerprint density at radius 2 is 2.06 bits per heavy atom. The fourth-order valence-electron chi connectivity index (χ4n) is 2.15. The lowest BCUT2D eigenvalue weighted by Crippen LogP contribution is -2.44. The molecule has 1 atom stereocenters. The number of hydrogen-bond acceptors (Lipinski definition) is 2. The van der Waals surface area contributed by atoms with Crippen molar-refractivity contribution in [2.24, 2.45) is 0 Å². The predicted octanol–water partition coefficient (Wildman–Crippen LogP) is 2.38. The third kappa shape index (κ3) is 3.53. The number of halogens is 2. The first-order valence-corrected chi connectivity index (χ1v) is 5.64. The van der Waals surface area contributed by atoms with Crippen molar-refractivity contribution >= 4 is 12.4 Å². The predicted molar refractivity (Wildman–Crippen MR) is 71.0 cm³/mol. The molecule has 17 heavy (non-hydrogen) atoms. The van der Waals surface area contributed by atoms with Crippen LogP contribution in [0.4, 0.5) is 4.39 Å². The van der Waals surface area contributed by atoms with E-state index < -0.39 is 0 Å². The second-order valence-electron chi connectivity index (χ2n) is 4.02. The first-order valence-electron chi connectivity index (χ1n) is 5.64. The van der Waals surface area contributed by atoms with Crippen LogP contribution >= 0.6 is 12.4 Å². The average Bonchev–Trinajstić information content (AvgIpc) is 2.31. The number of nitrogens with zero attached hydrogens (tertiary/aromatic N) is 1. The highest BCUT2D eigenvalue weighted by molar-refractivity contribution is 5.85. The summed E-state index contributed by atoms with van der Waals surface area (Å²) < 4.78 is 13.2. The molecule has 4 heteroatoms. The highest BCUT2D eigenvalue weighted by Crippen LogP contribution is 2.22.